The lowest BCUT2D eigenvalue weighted by Gasteiger charge is -2.36. The highest BCUT2D eigenvalue weighted by atomic mass is 32.1. The van der Waals surface area contributed by atoms with E-state index in [0.29, 0.717) is 0 Å². The molecule has 3 heterocycles. The molecule has 0 N–H and O–H groups in total. The molecule has 142 valence electrons. The van der Waals surface area contributed by atoms with E-state index < -0.39 is 0 Å². The van der Waals surface area contributed by atoms with E-state index in [-0.39, 0.29) is 30.6 Å². The van der Waals surface area contributed by atoms with Gasteiger partial charge in [0, 0.05) is 25.2 Å². The minimum absolute atomic E-state index is 0.0248. The minimum Gasteiger partial charge on any atom is -0.494 e. The molecule has 8 heteroatoms. The SMILES string of the molecule is COc1cccc2sc(N3CCC(N4CC(=O)N(C5CC5)C4=O)CC3)nc12. The smallest absolute Gasteiger partial charge is 0.327 e. The Labute approximate surface area is 161 Å². The van der Waals surface area contributed by atoms with Crippen molar-refractivity contribution < 1.29 is 14.3 Å². The second kappa shape index (κ2) is 6.37. The van der Waals surface area contributed by atoms with E-state index in [1.54, 1.807) is 23.3 Å². The van der Waals surface area contributed by atoms with Gasteiger partial charge in [-0.1, -0.05) is 17.4 Å². The molecule has 3 fully saturated rings. The molecule has 0 radical (unpaired) electrons. The number of rotatable bonds is 4. The number of hydrogen-bond acceptors (Lipinski definition) is 6. The predicted octanol–water partition coefficient (Wildman–Crippen LogP) is 2.70. The molecule has 3 amide bonds. The Morgan fingerprint density at radius 3 is 2.59 bits per heavy atom. The molecule has 1 aromatic carbocycles. The van der Waals surface area contributed by atoms with Gasteiger partial charge in [0.1, 0.15) is 17.8 Å². The van der Waals surface area contributed by atoms with Gasteiger partial charge in [-0.2, -0.15) is 0 Å². The molecule has 2 aliphatic heterocycles. The first-order valence-electron chi connectivity index (χ1n) is 9.47. The summed E-state index contributed by atoms with van der Waals surface area (Å²) in [5.74, 6) is 0.773. The van der Waals surface area contributed by atoms with Gasteiger partial charge in [-0.25, -0.2) is 9.78 Å². The molecule has 3 aliphatic rings. The molecule has 27 heavy (non-hydrogen) atoms. The van der Waals surface area contributed by atoms with Crippen molar-refractivity contribution in [3.8, 4) is 5.75 Å². The van der Waals surface area contributed by atoms with E-state index in [9.17, 15) is 9.59 Å². The van der Waals surface area contributed by atoms with Crippen LogP contribution in [0.25, 0.3) is 10.2 Å². The van der Waals surface area contributed by atoms with Gasteiger partial charge in [-0.15, -0.1) is 0 Å². The van der Waals surface area contributed by atoms with Crippen molar-refractivity contribution in [3.63, 3.8) is 0 Å². The number of carbonyl (C=O) groups is 2. The number of fused-ring (bicyclic) bond motifs is 1. The summed E-state index contributed by atoms with van der Waals surface area (Å²) >= 11 is 1.67. The second-order valence-corrected chi connectivity index (χ2v) is 8.44. The Morgan fingerprint density at radius 1 is 1.11 bits per heavy atom. The van der Waals surface area contributed by atoms with Gasteiger partial charge in [-0.05, 0) is 37.8 Å². The number of anilines is 1. The van der Waals surface area contributed by atoms with Gasteiger partial charge in [0.05, 0.1) is 11.8 Å². The topological polar surface area (TPSA) is 66.0 Å². The van der Waals surface area contributed by atoms with Crippen LogP contribution in [0.5, 0.6) is 5.75 Å². The highest BCUT2D eigenvalue weighted by Gasteiger charge is 2.47. The van der Waals surface area contributed by atoms with E-state index >= 15 is 0 Å². The number of carbonyl (C=O) groups excluding carboxylic acids is 2. The van der Waals surface area contributed by atoms with Gasteiger partial charge in [-0.3, -0.25) is 9.69 Å². The number of amides is 3. The quantitative estimate of drug-likeness (QED) is 0.756. The molecule has 0 unspecified atom stereocenters. The summed E-state index contributed by atoms with van der Waals surface area (Å²) in [6.07, 6.45) is 3.66. The van der Waals surface area contributed by atoms with Crippen LogP contribution in [0, 0.1) is 0 Å². The Morgan fingerprint density at radius 2 is 1.89 bits per heavy atom. The summed E-state index contributed by atoms with van der Waals surface area (Å²) in [6.45, 7) is 1.93. The van der Waals surface area contributed by atoms with Crippen molar-refractivity contribution in [1.29, 1.82) is 0 Å². The molecular formula is C19H22N4O3S. The van der Waals surface area contributed by atoms with Crippen LogP contribution in [0.1, 0.15) is 25.7 Å². The second-order valence-electron chi connectivity index (χ2n) is 7.43. The van der Waals surface area contributed by atoms with E-state index in [0.717, 1.165) is 59.9 Å². The van der Waals surface area contributed by atoms with Crippen LogP contribution in [0.3, 0.4) is 0 Å². The average molecular weight is 386 g/mol. The molecular weight excluding hydrogens is 364 g/mol. The molecule has 1 aliphatic carbocycles. The van der Waals surface area contributed by atoms with Crippen LogP contribution in [-0.2, 0) is 4.79 Å². The maximum absolute atomic E-state index is 12.6. The molecule has 7 nitrogen and oxygen atoms in total. The Bertz CT molecular complexity index is 901. The molecule has 5 rings (SSSR count). The molecule has 2 saturated heterocycles. The normalized spacial score (nSPS) is 21.6. The van der Waals surface area contributed by atoms with Crippen molar-refractivity contribution in [1.82, 2.24) is 14.8 Å². The number of thiazole rings is 1. The highest BCUT2D eigenvalue weighted by Crippen LogP contribution is 2.36. The lowest BCUT2D eigenvalue weighted by Crippen LogP contribution is -2.46. The maximum Gasteiger partial charge on any atom is 0.327 e. The fourth-order valence-electron chi connectivity index (χ4n) is 4.09. The zero-order valence-corrected chi connectivity index (χ0v) is 16.1. The van der Waals surface area contributed by atoms with E-state index in [1.807, 2.05) is 12.1 Å². The fourth-order valence-corrected chi connectivity index (χ4v) is 5.13. The summed E-state index contributed by atoms with van der Waals surface area (Å²) in [6, 6.07) is 6.20. The number of ether oxygens (including phenoxy) is 1. The van der Waals surface area contributed by atoms with E-state index in [2.05, 4.69) is 11.0 Å². The van der Waals surface area contributed by atoms with E-state index in [1.165, 1.54) is 4.90 Å². The third kappa shape index (κ3) is 2.82. The molecule has 0 bridgehead atoms. The molecule has 0 spiro atoms. The third-order valence-electron chi connectivity index (χ3n) is 5.70. The van der Waals surface area contributed by atoms with Gasteiger partial charge >= 0.3 is 6.03 Å². The van der Waals surface area contributed by atoms with Gasteiger partial charge in [0.15, 0.2) is 5.13 Å². The summed E-state index contributed by atoms with van der Waals surface area (Å²) < 4.78 is 6.53. The molecule has 1 saturated carbocycles. The van der Waals surface area contributed by atoms with Crippen molar-refractivity contribution in [2.45, 2.75) is 37.8 Å². The maximum atomic E-state index is 12.6. The number of nitrogens with zero attached hydrogens (tertiary/aromatic N) is 4. The van der Waals surface area contributed by atoms with Crippen molar-refractivity contribution in [2.75, 3.05) is 31.6 Å². The zero-order valence-electron chi connectivity index (χ0n) is 15.3. The van der Waals surface area contributed by atoms with Crippen molar-refractivity contribution in [3.05, 3.63) is 18.2 Å². The third-order valence-corrected chi connectivity index (χ3v) is 6.79. The fraction of sp³-hybridized carbons (Fsp3) is 0.526. The lowest BCUT2D eigenvalue weighted by atomic mass is 10.0. The summed E-state index contributed by atoms with van der Waals surface area (Å²) in [7, 11) is 1.67. The van der Waals surface area contributed by atoms with Crippen LogP contribution in [0.4, 0.5) is 9.93 Å². The number of methoxy groups -OCH3 is 1. The first-order chi connectivity index (χ1) is 13.2. The van der Waals surface area contributed by atoms with Crippen LogP contribution in [0.2, 0.25) is 0 Å². The highest BCUT2D eigenvalue weighted by molar-refractivity contribution is 7.22. The number of para-hydroxylation sites is 1. The predicted molar refractivity (Wildman–Crippen MR) is 103 cm³/mol. The number of piperidine rings is 1. The van der Waals surface area contributed by atoms with Gasteiger partial charge in [0.2, 0.25) is 0 Å². The number of aromatic nitrogens is 1. The van der Waals surface area contributed by atoms with Crippen LogP contribution in [-0.4, -0.2) is 65.5 Å². The Balaban J connectivity index is 1.28. The van der Waals surface area contributed by atoms with Crippen molar-refractivity contribution >= 4 is 38.6 Å². The summed E-state index contributed by atoms with van der Waals surface area (Å²) in [5.41, 5.74) is 0.905. The Kier molecular flexibility index (Phi) is 3.96. The van der Waals surface area contributed by atoms with Crippen LogP contribution >= 0.6 is 11.3 Å². The lowest BCUT2D eigenvalue weighted by molar-refractivity contribution is -0.125. The zero-order chi connectivity index (χ0) is 18.5. The largest absolute Gasteiger partial charge is 0.494 e. The van der Waals surface area contributed by atoms with Crippen LogP contribution < -0.4 is 9.64 Å². The average Bonchev–Trinajstić information content (AvgIpc) is 3.34. The number of benzene rings is 1. The first-order valence-corrected chi connectivity index (χ1v) is 10.3. The number of hydrogen-bond donors (Lipinski definition) is 0. The molecule has 2 aromatic rings. The van der Waals surface area contributed by atoms with E-state index in [4.69, 9.17) is 9.72 Å². The van der Waals surface area contributed by atoms with Crippen LogP contribution in [0.15, 0.2) is 18.2 Å². The summed E-state index contributed by atoms with van der Waals surface area (Å²) in [5, 5.41) is 0.997. The minimum atomic E-state index is -0.0781. The van der Waals surface area contributed by atoms with Gasteiger partial charge < -0.3 is 14.5 Å². The van der Waals surface area contributed by atoms with Crippen molar-refractivity contribution in [2.24, 2.45) is 0 Å². The molecule has 1 aromatic heterocycles. The Hall–Kier alpha value is -2.35. The monoisotopic (exact) mass is 386 g/mol. The standard InChI is InChI=1S/C19H22N4O3S/c1-26-14-3-2-4-15-17(14)20-18(27-15)21-9-7-12(8-10-21)22-11-16(24)23(19(22)25)13-5-6-13/h2-4,12-13H,5-11H2,1H3. The summed E-state index contributed by atoms with van der Waals surface area (Å²) in [4.78, 5) is 35.2. The number of imide groups is 1. The van der Waals surface area contributed by atoms with Gasteiger partial charge in [0.25, 0.3) is 5.91 Å². The first kappa shape index (κ1) is 16.8. The molecule has 0 atom stereocenters. The number of urea groups is 1.